The molecule has 8 atom stereocenters. The van der Waals surface area contributed by atoms with Gasteiger partial charge in [0.1, 0.15) is 5.78 Å². The monoisotopic (exact) mass is 772 g/mol. The van der Waals surface area contributed by atoms with Crippen LogP contribution in [0.25, 0.3) is 0 Å². The van der Waals surface area contributed by atoms with Crippen molar-refractivity contribution in [3.63, 3.8) is 0 Å². The Hall–Kier alpha value is 4.87. The van der Waals surface area contributed by atoms with Gasteiger partial charge in [0, 0.05) is 168 Å². The van der Waals surface area contributed by atoms with Crippen LogP contribution in [0.15, 0.2) is 0 Å². The maximum Gasteiger partial charge on any atom is 0.138 e. The van der Waals surface area contributed by atoms with Crippen LogP contribution >= 0.6 is 18.9 Å². The summed E-state index contributed by atoms with van der Waals surface area (Å²) < 4.78 is 10.1. The van der Waals surface area contributed by atoms with E-state index in [1.807, 2.05) is 6.92 Å². The summed E-state index contributed by atoms with van der Waals surface area (Å²) in [5.74, 6) is 3.38. The van der Waals surface area contributed by atoms with Crippen LogP contribution in [0.2, 0.25) is 0 Å². The van der Waals surface area contributed by atoms with E-state index in [2.05, 4.69) is 52.5 Å². The van der Waals surface area contributed by atoms with Crippen LogP contribution in [0.4, 0.5) is 0 Å². The molecule has 0 aliphatic heterocycles. The summed E-state index contributed by atoms with van der Waals surface area (Å²) >= 11 is 0. The zero-order valence-electron chi connectivity index (χ0n) is 20.2. The van der Waals surface area contributed by atoms with E-state index in [9.17, 15) is 4.79 Å². The van der Waals surface area contributed by atoms with Crippen LogP contribution in [0.1, 0.15) is 85.5 Å². The van der Waals surface area contributed by atoms with Crippen molar-refractivity contribution in [1.82, 2.24) is 0 Å². The van der Waals surface area contributed by atoms with Crippen molar-refractivity contribution in [2.45, 2.75) is 97.7 Å². The summed E-state index contributed by atoms with van der Waals surface area (Å²) in [6, 6.07) is 0. The van der Waals surface area contributed by atoms with Crippen LogP contribution in [0.5, 0.6) is 0 Å². The van der Waals surface area contributed by atoms with Gasteiger partial charge in [0.15, 0.2) is 0 Å². The number of ketones is 1. The minimum absolute atomic E-state index is 0. The summed E-state index contributed by atoms with van der Waals surface area (Å²) in [5, 5.41) is 0. The average Bonchev–Trinajstić information content (AvgIpc) is 3.41. The molecule has 0 aromatic rings. The van der Waals surface area contributed by atoms with Gasteiger partial charge in [0.05, 0.1) is 6.10 Å². The van der Waals surface area contributed by atoms with E-state index in [4.69, 9.17) is 9.05 Å². The number of hydrogen-bond donors (Lipinski definition) is 0. The molecule has 172 valence electrons. The Labute approximate surface area is 298 Å². The fourth-order valence-electron chi connectivity index (χ4n) is 4.21. The van der Waals surface area contributed by atoms with Crippen molar-refractivity contribution in [3.05, 3.63) is 12.8 Å². The first kappa shape index (κ1) is 42.9. The topological polar surface area (TPSA) is 35.5 Å². The molecule has 0 saturated heterocycles. The Morgan fingerprint density at radius 1 is 0.806 bits per heavy atom. The minimum Gasteiger partial charge on any atom is -0.365 e. The van der Waals surface area contributed by atoms with Gasteiger partial charge < -0.3 is 21.9 Å². The first-order valence-corrected chi connectivity index (χ1v) is 11.8. The second-order valence-electron chi connectivity index (χ2n) is 8.38. The Balaban J connectivity index is -0.000000166. The van der Waals surface area contributed by atoms with Crippen LogP contribution in [-0.4, -0.2) is 18.0 Å². The van der Waals surface area contributed by atoms with Crippen molar-refractivity contribution in [2.75, 3.05) is 0 Å². The summed E-state index contributed by atoms with van der Waals surface area (Å²) in [7, 11) is 4.56. The van der Waals surface area contributed by atoms with E-state index in [0.29, 0.717) is 18.3 Å². The first-order chi connectivity index (χ1) is 13.0. The molecular formula is C22H42O3P2Y4-2. The SMILES string of the molecule is CC[C@@H]1[CH-]CC(C)C1.CC[C@@H]1[CH-]CC(OP)C1.CC[C@H]1CC(OP)CC1=O.[Y].[Y].[Y].[Y]. The van der Waals surface area contributed by atoms with Gasteiger partial charge in [0.2, 0.25) is 0 Å². The molecule has 3 saturated carbocycles. The number of rotatable bonds is 5. The van der Waals surface area contributed by atoms with Gasteiger partial charge >= 0.3 is 0 Å². The third-order valence-electron chi connectivity index (χ3n) is 6.23. The smallest absolute Gasteiger partial charge is 0.138 e. The summed E-state index contributed by atoms with van der Waals surface area (Å²) in [5.41, 5.74) is 0. The van der Waals surface area contributed by atoms with Crippen molar-refractivity contribution in [3.8, 4) is 0 Å². The molecule has 0 heterocycles. The normalized spacial score (nSPS) is 30.8. The second kappa shape index (κ2) is 26.5. The van der Waals surface area contributed by atoms with E-state index < -0.39 is 0 Å². The largest absolute Gasteiger partial charge is 0.365 e. The molecule has 0 aromatic carbocycles. The van der Waals surface area contributed by atoms with Crippen LogP contribution < -0.4 is 0 Å². The average molecular weight is 772 g/mol. The van der Waals surface area contributed by atoms with Crippen molar-refractivity contribution in [2.24, 2.45) is 23.7 Å². The van der Waals surface area contributed by atoms with Gasteiger partial charge in [-0.3, -0.25) is 4.79 Å². The molecule has 0 bridgehead atoms. The maximum absolute atomic E-state index is 11.1. The Morgan fingerprint density at radius 2 is 1.32 bits per heavy atom. The van der Waals surface area contributed by atoms with Crippen LogP contribution in [0, 0.1) is 36.5 Å². The molecule has 3 rings (SSSR count). The molecule has 5 unspecified atom stereocenters. The predicted octanol–water partition coefficient (Wildman–Crippen LogP) is 6.37. The van der Waals surface area contributed by atoms with E-state index >= 15 is 0 Å². The second-order valence-corrected chi connectivity index (χ2v) is 8.93. The number of Topliss-reactive ketones (excluding diaryl/α,β-unsaturated/α-hetero) is 1. The fraction of sp³-hybridized carbons (Fsp3) is 0.864. The van der Waals surface area contributed by atoms with E-state index in [-0.39, 0.29) is 143 Å². The molecule has 0 N–H and O–H groups in total. The van der Waals surface area contributed by atoms with Crippen molar-refractivity contribution < 1.29 is 145 Å². The van der Waals surface area contributed by atoms with Gasteiger partial charge in [-0.1, -0.05) is 59.3 Å². The predicted molar refractivity (Wildman–Crippen MR) is 121 cm³/mol. The maximum atomic E-state index is 11.1. The molecule has 3 aliphatic rings. The molecule has 4 radical (unpaired) electrons. The molecule has 3 aliphatic carbocycles. The standard InChI is InChI=1S/C8H15.C7H13O2P.C7H14OP.4Y/c1-3-8-5-4-7(2)6-8;1-2-5-3-6(9-10)4-7(5)8;1-2-6-3-4-7(5-6)8-9;;;;/h5,7-8H,3-4,6H2,1-2H3;5-6H,2-4,10H2,1H3;3,6-7H,2,4-5,9H2,1H3;;;;/q-1;;-1;;;;/t7?,8-;5-,6?;6-,7?;;;;/m101..../s1. The Bertz CT molecular complexity index is 412. The van der Waals surface area contributed by atoms with E-state index in [0.717, 1.165) is 37.0 Å². The zero-order chi connectivity index (χ0) is 20.2. The van der Waals surface area contributed by atoms with Crippen molar-refractivity contribution >= 4 is 24.7 Å². The molecule has 9 heteroatoms. The van der Waals surface area contributed by atoms with Crippen LogP contribution in [-0.2, 0) is 145 Å². The Morgan fingerprint density at radius 3 is 1.58 bits per heavy atom. The molecule has 31 heavy (non-hydrogen) atoms. The molecule has 3 nitrogen and oxygen atoms in total. The van der Waals surface area contributed by atoms with E-state index in [1.165, 1.54) is 32.1 Å². The fourth-order valence-corrected chi connectivity index (χ4v) is 4.64. The molecule has 0 aromatic heterocycles. The zero-order valence-corrected chi connectivity index (χ0v) is 33.8. The van der Waals surface area contributed by atoms with Gasteiger partial charge in [0.25, 0.3) is 0 Å². The number of carbonyl (C=O) groups excluding carboxylic acids is 1. The quantitative estimate of drug-likeness (QED) is 0.241. The van der Waals surface area contributed by atoms with Gasteiger partial charge in [-0.25, -0.2) is 0 Å². The van der Waals surface area contributed by atoms with Gasteiger partial charge in [-0.05, 0) is 12.8 Å². The van der Waals surface area contributed by atoms with Gasteiger partial charge in [-0.2, -0.15) is 24.7 Å². The molecular weight excluding hydrogens is 730 g/mol. The Kier molecular flexibility index (Phi) is 36.7. The molecule has 3 fully saturated rings. The van der Waals surface area contributed by atoms with E-state index in [1.54, 1.807) is 0 Å². The summed E-state index contributed by atoms with van der Waals surface area (Å²) in [6.07, 6.45) is 15.8. The van der Waals surface area contributed by atoms with Crippen molar-refractivity contribution in [1.29, 1.82) is 0 Å². The number of hydrogen-bond acceptors (Lipinski definition) is 3. The summed E-state index contributed by atoms with van der Waals surface area (Å²) in [6.45, 7) is 8.89. The molecule has 0 spiro atoms. The third-order valence-corrected chi connectivity index (χ3v) is 7.00. The summed E-state index contributed by atoms with van der Waals surface area (Å²) in [4.78, 5) is 11.1. The minimum atomic E-state index is 0. The van der Waals surface area contributed by atoms with Gasteiger partial charge in [-0.15, -0.1) is 0 Å². The van der Waals surface area contributed by atoms with Crippen LogP contribution in [0.3, 0.4) is 0 Å². The number of carbonyl (C=O) groups is 1. The molecule has 0 amide bonds. The third kappa shape index (κ3) is 18.7. The first-order valence-electron chi connectivity index (χ1n) is 10.9.